The van der Waals surface area contributed by atoms with Crippen molar-refractivity contribution in [2.24, 2.45) is 10.9 Å². The topological polar surface area (TPSA) is 67.8 Å². The van der Waals surface area contributed by atoms with Gasteiger partial charge < -0.3 is 9.50 Å². The molecule has 1 aliphatic heterocycles. The molecule has 6 rings (SSSR count). The average Bonchev–Trinajstić information content (AvgIpc) is 3.43. The van der Waals surface area contributed by atoms with Gasteiger partial charge in [-0.05, 0) is 72.9 Å². The first kappa shape index (κ1) is 24.2. The highest BCUT2D eigenvalue weighted by Crippen LogP contribution is 2.49. The third-order valence-electron chi connectivity index (χ3n) is 7.31. The molecule has 0 saturated carbocycles. The second-order valence-corrected chi connectivity index (χ2v) is 11.3. The first-order valence-corrected chi connectivity index (χ1v) is 14.2. The van der Waals surface area contributed by atoms with Crippen LogP contribution in [0.15, 0.2) is 119 Å². The molecule has 0 fully saturated rings. The van der Waals surface area contributed by atoms with E-state index in [2.05, 4.69) is 58.9 Å². The molecule has 0 saturated heterocycles. The molecule has 1 aliphatic carbocycles. The molecule has 3 atom stereocenters. The fraction of sp³-hybridized carbons (Fsp3) is 0.156. The van der Waals surface area contributed by atoms with E-state index in [9.17, 15) is 8.42 Å². The van der Waals surface area contributed by atoms with E-state index in [0.29, 0.717) is 17.4 Å². The van der Waals surface area contributed by atoms with E-state index < -0.39 is 10.1 Å². The van der Waals surface area contributed by atoms with Crippen molar-refractivity contribution in [1.29, 1.82) is 0 Å². The summed E-state index contributed by atoms with van der Waals surface area (Å²) >= 11 is 0. The molecule has 38 heavy (non-hydrogen) atoms. The Hall–Kier alpha value is -4.16. The summed E-state index contributed by atoms with van der Waals surface area (Å²) in [5.74, 6) is 1.15. The molecule has 0 radical (unpaired) electrons. The maximum Gasteiger partial charge on any atom is 0.339 e. The SMILES string of the molecule is Cc1ccc(S(=O)(=O)Oc2ccccc2C=Nc2ccc([C@@H]3Nc4ccccc4[C@@H]4C=CC[C@H]43)cc2)cc1. The second kappa shape index (κ2) is 9.95. The number of fused-ring (bicyclic) bond motifs is 3. The number of hydrogen-bond acceptors (Lipinski definition) is 5. The number of benzene rings is 4. The van der Waals surface area contributed by atoms with E-state index in [4.69, 9.17) is 4.18 Å². The molecule has 0 spiro atoms. The Bertz CT molecular complexity index is 1620. The highest BCUT2D eigenvalue weighted by atomic mass is 32.2. The van der Waals surface area contributed by atoms with Crippen molar-refractivity contribution in [2.75, 3.05) is 5.32 Å². The molecule has 0 amide bonds. The molecular formula is C32H28N2O3S. The largest absolute Gasteiger partial charge is 0.378 e. The number of rotatable bonds is 6. The van der Waals surface area contributed by atoms with Crippen molar-refractivity contribution in [2.45, 2.75) is 30.2 Å². The van der Waals surface area contributed by atoms with Crippen LogP contribution in [-0.4, -0.2) is 14.6 Å². The van der Waals surface area contributed by atoms with Crippen molar-refractivity contribution < 1.29 is 12.6 Å². The van der Waals surface area contributed by atoms with Crippen molar-refractivity contribution in [3.8, 4) is 5.75 Å². The molecule has 190 valence electrons. The summed E-state index contributed by atoms with van der Waals surface area (Å²) in [4.78, 5) is 4.72. The standard InChI is InChI=1S/C32H28N2O3S/c1-22-13-19-26(20-14-22)38(35,36)37-31-12-5-2-7-24(31)21-33-25-17-15-23(16-18-25)32-29-10-6-9-27(29)28-8-3-4-11-30(28)34-32/h2-9,11-21,27,29,32,34H,10H2,1H3/t27-,29+,32-/m0/s1. The third kappa shape index (κ3) is 4.75. The quantitative estimate of drug-likeness (QED) is 0.164. The Balaban J connectivity index is 1.20. The predicted octanol–water partition coefficient (Wildman–Crippen LogP) is 7.34. The minimum Gasteiger partial charge on any atom is -0.378 e. The van der Waals surface area contributed by atoms with Gasteiger partial charge in [-0.25, -0.2) is 0 Å². The predicted molar refractivity (Wildman–Crippen MR) is 152 cm³/mol. The van der Waals surface area contributed by atoms with Gasteiger partial charge in [0.25, 0.3) is 0 Å². The van der Waals surface area contributed by atoms with Crippen LogP contribution < -0.4 is 9.50 Å². The molecule has 6 heteroatoms. The first-order chi connectivity index (χ1) is 18.5. The Morgan fingerprint density at radius 2 is 1.63 bits per heavy atom. The number of para-hydroxylation sites is 2. The normalized spacial score (nSPS) is 20.1. The van der Waals surface area contributed by atoms with Gasteiger partial charge in [-0.2, -0.15) is 8.42 Å². The van der Waals surface area contributed by atoms with Gasteiger partial charge in [0.05, 0.1) is 11.7 Å². The van der Waals surface area contributed by atoms with Crippen LogP contribution in [0.1, 0.15) is 40.6 Å². The molecule has 1 N–H and O–H groups in total. The molecular weight excluding hydrogens is 492 g/mol. The summed E-state index contributed by atoms with van der Waals surface area (Å²) < 4.78 is 31.1. The minimum absolute atomic E-state index is 0.115. The number of aryl methyl sites for hydroxylation is 1. The van der Waals surface area contributed by atoms with Gasteiger partial charge in [-0.15, -0.1) is 0 Å². The summed E-state index contributed by atoms with van der Waals surface area (Å²) in [6.07, 6.45) is 7.33. The van der Waals surface area contributed by atoms with Gasteiger partial charge >= 0.3 is 10.1 Å². The Morgan fingerprint density at radius 1 is 0.895 bits per heavy atom. The minimum atomic E-state index is -3.96. The number of hydrogen-bond donors (Lipinski definition) is 1. The van der Waals surface area contributed by atoms with Gasteiger partial charge in [0.15, 0.2) is 5.75 Å². The molecule has 4 aromatic rings. The van der Waals surface area contributed by atoms with E-state index in [1.165, 1.54) is 16.8 Å². The maximum atomic E-state index is 12.8. The average molecular weight is 521 g/mol. The first-order valence-electron chi connectivity index (χ1n) is 12.7. The zero-order valence-electron chi connectivity index (χ0n) is 21.0. The highest BCUT2D eigenvalue weighted by molar-refractivity contribution is 7.87. The maximum absolute atomic E-state index is 12.8. The molecule has 2 aliphatic rings. The van der Waals surface area contributed by atoms with Crippen molar-refractivity contribution in [1.82, 2.24) is 0 Å². The number of nitrogens with zero attached hydrogens (tertiary/aromatic N) is 1. The van der Waals surface area contributed by atoms with Crippen LogP contribution in [0.25, 0.3) is 0 Å². The van der Waals surface area contributed by atoms with Crippen LogP contribution in [0.2, 0.25) is 0 Å². The lowest BCUT2D eigenvalue weighted by Crippen LogP contribution is -2.28. The van der Waals surface area contributed by atoms with Crippen molar-refractivity contribution >= 4 is 27.7 Å². The lowest BCUT2D eigenvalue weighted by atomic mass is 9.77. The van der Waals surface area contributed by atoms with Gasteiger partial charge in [-0.3, -0.25) is 4.99 Å². The van der Waals surface area contributed by atoms with Crippen LogP contribution >= 0.6 is 0 Å². The fourth-order valence-electron chi connectivity index (χ4n) is 5.32. The number of nitrogens with one attached hydrogen (secondary N) is 1. The summed E-state index contributed by atoms with van der Waals surface area (Å²) in [6.45, 7) is 1.91. The van der Waals surface area contributed by atoms with E-state index in [1.807, 2.05) is 25.1 Å². The Labute approximate surface area is 223 Å². The van der Waals surface area contributed by atoms with Gasteiger partial charge in [0.1, 0.15) is 4.90 Å². The van der Waals surface area contributed by atoms with Crippen LogP contribution in [0.5, 0.6) is 5.75 Å². The van der Waals surface area contributed by atoms with Crippen LogP contribution in [0, 0.1) is 12.8 Å². The number of anilines is 1. The Kier molecular flexibility index (Phi) is 6.34. The number of aliphatic imine (C=N–C) groups is 1. The van der Waals surface area contributed by atoms with Crippen LogP contribution in [-0.2, 0) is 10.1 Å². The van der Waals surface area contributed by atoms with E-state index >= 15 is 0 Å². The van der Waals surface area contributed by atoms with Crippen LogP contribution in [0.3, 0.4) is 0 Å². The van der Waals surface area contributed by atoms with E-state index in [-0.39, 0.29) is 16.7 Å². The molecule has 0 bridgehead atoms. The summed E-state index contributed by atoms with van der Waals surface area (Å²) in [5.41, 5.74) is 6.13. The zero-order chi connectivity index (χ0) is 26.1. The molecule has 0 aromatic heterocycles. The highest BCUT2D eigenvalue weighted by Gasteiger charge is 2.37. The molecule has 0 unspecified atom stereocenters. The second-order valence-electron chi connectivity index (χ2n) is 9.80. The molecule has 5 nitrogen and oxygen atoms in total. The zero-order valence-corrected chi connectivity index (χ0v) is 21.8. The van der Waals surface area contributed by atoms with Gasteiger partial charge in [0.2, 0.25) is 0 Å². The summed E-state index contributed by atoms with van der Waals surface area (Å²) in [6, 6.07) is 30.6. The fourth-order valence-corrected chi connectivity index (χ4v) is 6.27. The van der Waals surface area contributed by atoms with Crippen molar-refractivity contribution in [3.63, 3.8) is 0 Å². The van der Waals surface area contributed by atoms with E-state index in [0.717, 1.165) is 17.7 Å². The lowest BCUT2D eigenvalue weighted by Gasteiger charge is -2.37. The third-order valence-corrected chi connectivity index (χ3v) is 8.55. The molecule has 4 aromatic carbocycles. The lowest BCUT2D eigenvalue weighted by molar-refractivity contribution is 0.425. The monoisotopic (exact) mass is 520 g/mol. The van der Waals surface area contributed by atoms with E-state index in [1.54, 1.807) is 48.7 Å². The van der Waals surface area contributed by atoms with Gasteiger partial charge in [0, 0.05) is 23.4 Å². The summed E-state index contributed by atoms with van der Waals surface area (Å²) in [5, 5.41) is 3.76. The smallest absolute Gasteiger partial charge is 0.339 e. The molecule has 1 heterocycles. The van der Waals surface area contributed by atoms with Crippen molar-refractivity contribution in [3.05, 3.63) is 131 Å². The number of allylic oxidation sites excluding steroid dienone is 2. The Morgan fingerprint density at radius 3 is 2.45 bits per heavy atom. The summed E-state index contributed by atoms with van der Waals surface area (Å²) in [7, 11) is -3.96. The van der Waals surface area contributed by atoms with Crippen LogP contribution in [0.4, 0.5) is 11.4 Å². The van der Waals surface area contributed by atoms with Gasteiger partial charge in [-0.1, -0.05) is 72.3 Å².